The van der Waals surface area contributed by atoms with E-state index in [1.165, 1.54) is 12.8 Å². The highest BCUT2D eigenvalue weighted by Crippen LogP contribution is 2.29. The lowest BCUT2D eigenvalue weighted by Gasteiger charge is -2.29. The molecule has 0 spiro atoms. The number of guanidine groups is 1. The number of carbonyl (C=O) groups excluding carboxylic acids is 1. The van der Waals surface area contributed by atoms with Crippen molar-refractivity contribution < 1.29 is 14.3 Å². The lowest BCUT2D eigenvalue weighted by Crippen LogP contribution is -2.45. The molecule has 0 aromatic carbocycles. The summed E-state index contributed by atoms with van der Waals surface area (Å²) in [6, 6.07) is 4.27. The number of rotatable bonds is 9. The highest BCUT2D eigenvalue weighted by Gasteiger charge is 2.27. The van der Waals surface area contributed by atoms with Gasteiger partial charge in [-0.2, -0.15) is 0 Å². The van der Waals surface area contributed by atoms with Gasteiger partial charge in [-0.25, -0.2) is 9.98 Å². The van der Waals surface area contributed by atoms with Gasteiger partial charge in [0.2, 0.25) is 5.88 Å². The van der Waals surface area contributed by atoms with Crippen LogP contribution >= 0.6 is 24.0 Å². The summed E-state index contributed by atoms with van der Waals surface area (Å²) in [7, 11) is 0. The molecule has 1 heterocycles. The van der Waals surface area contributed by atoms with Gasteiger partial charge in [0.25, 0.3) is 0 Å². The molecule has 30 heavy (non-hydrogen) atoms. The Morgan fingerprint density at radius 2 is 1.97 bits per heavy atom. The fourth-order valence-electron chi connectivity index (χ4n) is 3.53. The first kappa shape index (κ1) is 24.7. The molecule has 2 aliphatic rings. The van der Waals surface area contributed by atoms with Crippen LogP contribution in [-0.4, -0.2) is 42.7 Å². The number of nitrogens with one attached hydrogen (secondary N) is 2. The van der Waals surface area contributed by atoms with Crippen molar-refractivity contribution in [3.05, 3.63) is 23.9 Å². The van der Waals surface area contributed by atoms with Gasteiger partial charge >= 0.3 is 5.97 Å². The lowest BCUT2D eigenvalue weighted by atomic mass is 9.86. The molecule has 0 atom stereocenters. The number of halogens is 1. The Balaban J connectivity index is 0.00000320. The third-order valence-corrected chi connectivity index (χ3v) is 5.42. The molecule has 0 amide bonds. The Kier molecular flexibility index (Phi) is 10.7. The quantitative estimate of drug-likeness (QED) is 0.220. The fraction of sp³-hybridized carbons (Fsp3) is 0.682. The van der Waals surface area contributed by atoms with Gasteiger partial charge in [0.05, 0.1) is 25.7 Å². The van der Waals surface area contributed by atoms with Crippen LogP contribution < -0.4 is 15.4 Å². The topological polar surface area (TPSA) is 84.8 Å². The Hall–Kier alpha value is -1.58. The van der Waals surface area contributed by atoms with Gasteiger partial charge in [-0.05, 0) is 69.9 Å². The number of aromatic nitrogens is 1. The van der Waals surface area contributed by atoms with Crippen LogP contribution in [0.25, 0.3) is 0 Å². The van der Waals surface area contributed by atoms with Crippen LogP contribution in [0.3, 0.4) is 0 Å². The van der Waals surface area contributed by atoms with Gasteiger partial charge in [0, 0.05) is 24.8 Å². The van der Waals surface area contributed by atoms with Gasteiger partial charge in [-0.3, -0.25) is 4.79 Å². The van der Waals surface area contributed by atoms with Gasteiger partial charge in [0.1, 0.15) is 0 Å². The van der Waals surface area contributed by atoms with Crippen molar-refractivity contribution in [1.82, 2.24) is 15.6 Å². The molecule has 168 valence electrons. The Morgan fingerprint density at radius 3 is 2.63 bits per heavy atom. The van der Waals surface area contributed by atoms with Crippen molar-refractivity contribution in [2.24, 2.45) is 16.8 Å². The molecule has 1 aromatic heterocycles. The molecule has 3 rings (SSSR count). The van der Waals surface area contributed by atoms with Crippen LogP contribution in [0.5, 0.6) is 5.88 Å². The number of hydrogen-bond donors (Lipinski definition) is 2. The molecule has 8 heteroatoms. The van der Waals surface area contributed by atoms with Crippen molar-refractivity contribution in [3.63, 3.8) is 0 Å². The van der Waals surface area contributed by atoms with Crippen LogP contribution in [0.4, 0.5) is 0 Å². The van der Waals surface area contributed by atoms with Crippen molar-refractivity contribution in [2.45, 2.75) is 65.0 Å². The highest BCUT2D eigenvalue weighted by molar-refractivity contribution is 14.0. The maximum atomic E-state index is 11.9. The van der Waals surface area contributed by atoms with E-state index in [0.717, 1.165) is 50.4 Å². The first-order valence-corrected chi connectivity index (χ1v) is 11.0. The third kappa shape index (κ3) is 8.28. The SMILES string of the molecule is CCNC(=NCc1ccnc(OCC2CC2)c1)NC1CCC(C(=O)OCC)CC1.I. The molecular formula is C22H35IN4O3. The zero-order valence-corrected chi connectivity index (χ0v) is 20.4. The molecule has 2 N–H and O–H groups in total. The number of ether oxygens (including phenoxy) is 2. The molecule has 0 radical (unpaired) electrons. The molecule has 1 aromatic rings. The zero-order chi connectivity index (χ0) is 20.5. The Morgan fingerprint density at radius 1 is 1.20 bits per heavy atom. The molecule has 0 unspecified atom stereocenters. The number of pyridine rings is 1. The number of hydrogen-bond acceptors (Lipinski definition) is 5. The average Bonchev–Trinajstić information content (AvgIpc) is 3.56. The lowest BCUT2D eigenvalue weighted by molar-refractivity contribution is -0.149. The van der Waals surface area contributed by atoms with Crippen LogP contribution in [0, 0.1) is 11.8 Å². The van der Waals surface area contributed by atoms with Gasteiger partial charge in [-0.1, -0.05) is 0 Å². The molecule has 0 bridgehead atoms. The maximum absolute atomic E-state index is 11.9. The zero-order valence-electron chi connectivity index (χ0n) is 18.1. The molecule has 0 saturated heterocycles. The van der Waals surface area contributed by atoms with Crippen molar-refractivity contribution >= 4 is 35.9 Å². The van der Waals surface area contributed by atoms with Crippen molar-refractivity contribution in [2.75, 3.05) is 19.8 Å². The first-order valence-electron chi connectivity index (χ1n) is 11.0. The minimum atomic E-state index is -0.0519. The predicted molar refractivity (Wildman–Crippen MR) is 128 cm³/mol. The van der Waals surface area contributed by atoms with Crippen LogP contribution in [0.1, 0.15) is 57.9 Å². The molecule has 2 fully saturated rings. The average molecular weight is 530 g/mol. The Bertz CT molecular complexity index is 689. The summed E-state index contributed by atoms with van der Waals surface area (Å²) >= 11 is 0. The summed E-state index contributed by atoms with van der Waals surface area (Å²) < 4.78 is 10.9. The van der Waals surface area contributed by atoms with Crippen LogP contribution in [-0.2, 0) is 16.1 Å². The summed E-state index contributed by atoms with van der Waals surface area (Å²) in [5, 5.41) is 6.84. The predicted octanol–water partition coefficient (Wildman–Crippen LogP) is 3.67. The third-order valence-electron chi connectivity index (χ3n) is 5.42. The second kappa shape index (κ2) is 13.0. The Labute approximate surface area is 196 Å². The second-order valence-electron chi connectivity index (χ2n) is 7.90. The summed E-state index contributed by atoms with van der Waals surface area (Å²) in [6.07, 6.45) is 7.94. The van der Waals surface area contributed by atoms with E-state index in [0.29, 0.717) is 31.0 Å². The van der Waals surface area contributed by atoms with E-state index in [1.807, 2.05) is 19.1 Å². The van der Waals surface area contributed by atoms with E-state index in [4.69, 9.17) is 14.5 Å². The monoisotopic (exact) mass is 530 g/mol. The van der Waals surface area contributed by atoms with E-state index in [1.54, 1.807) is 6.20 Å². The summed E-state index contributed by atoms with van der Waals surface area (Å²) in [5.41, 5.74) is 1.08. The standard InChI is InChI=1S/C22H34N4O3.HI/c1-3-23-22(26-19-9-7-18(8-10-19)21(27)28-4-2)25-14-17-11-12-24-20(13-17)29-15-16-5-6-16;/h11-13,16,18-19H,3-10,14-15H2,1-2H3,(H2,23,25,26);1H. The summed E-state index contributed by atoms with van der Waals surface area (Å²) in [4.78, 5) is 20.9. The number of esters is 1. The highest BCUT2D eigenvalue weighted by atomic mass is 127. The summed E-state index contributed by atoms with van der Waals surface area (Å²) in [5.74, 6) is 2.19. The first-order chi connectivity index (χ1) is 14.2. The van der Waals surface area contributed by atoms with E-state index in [2.05, 4.69) is 22.5 Å². The van der Waals surface area contributed by atoms with Gasteiger partial charge in [0.15, 0.2) is 5.96 Å². The molecule has 2 saturated carbocycles. The maximum Gasteiger partial charge on any atom is 0.308 e. The number of aliphatic imine (C=N–C) groups is 1. The molecule has 7 nitrogen and oxygen atoms in total. The second-order valence-corrected chi connectivity index (χ2v) is 7.90. The molecular weight excluding hydrogens is 495 g/mol. The number of carbonyl (C=O) groups is 1. The van der Waals surface area contributed by atoms with Crippen LogP contribution in [0.2, 0.25) is 0 Å². The van der Waals surface area contributed by atoms with E-state index >= 15 is 0 Å². The summed E-state index contributed by atoms with van der Waals surface area (Å²) in [6.45, 7) is 6.50. The number of nitrogens with zero attached hydrogens (tertiary/aromatic N) is 2. The largest absolute Gasteiger partial charge is 0.477 e. The minimum absolute atomic E-state index is 0. The molecule has 2 aliphatic carbocycles. The van der Waals surface area contributed by atoms with E-state index in [-0.39, 0.29) is 35.9 Å². The normalized spacial score (nSPS) is 21.3. The fourth-order valence-corrected chi connectivity index (χ4v) is 3.53. The molecule has 0 aliphatic heterocycles. The minimum Gasteiger partial charge on any atom is -0.477 e. The van der Waals surface area contributed by atoms with Crippen LogP contribution in [0.15, 0.2) is 23.3 Å². The van der Waals surface area contributed by atoms with Crippen molar-refractivity contribution in [1.29, 1.82) is 0 Å². The van der Waals surface area contributed by atoms with Gasteiger partial charge in [-0.15, -0.1) is 24.0 Å². The van der Waals surface area contributed by atoms with E-state index < -0.39 is 0 Å². The van der Waals surface area contributed by atoms with Gasteiger partial charge < -0.3 is 20.1 Å². The van der Waals surface area contributed by atoms with Crippen molar-refractivity contribution in [3.8, 4) is 5.88 Å². The van der Waals surface area contributed by atoms with E-state index in [9.17, 15) is 4.79 Å². The smallest absolute Gasteiger partial charge is 0.308 e.